The molecule has 0 bridgehead atoms. The fourth-order valence-electron chi connectivity index (χ4n) is 4.02. The highest BCUT2D eigenvalue weighted by Gasteiger charge is 2.24. The number of anilines is 2. The van der Waals surface area contributed by atoms with E-state index in [4.69, 9.17) is 0 Å². The lowest BCUT2D eigenvalue weighted by molar-refractivity contribution is -0.117. The van der Waals surface area contributed by atoms with E-state index in [1.54, 1.807) is 12.1 Å². The molecule has 158 valence electrons. The van der Waals surface area contributed by atoms with Crippen LogP contribution in [0.25, 0.3) is 0 Å². The number of nitrogens with zero attached hydrogens (tertiary/aromatic N) is 1. The molecule has 1 aliphatic carbocycles. The molecule has 1 fully saturated rings. The van der Waals surface area contributed by atoms with Crippen molar-refractivity contribution in [1.82, 2.24) is 0 Å². The summed E-state index contributed by atoms with van der Waals surface area (Å²) in [7, 11) is -3.58. The van der Waals surface area contributed by atoms with Gasteiger partial charge in [0, 0.05) is 25.1 Å². The van der Waals surface area contributed by atoms with E-state index in [2.05, 4.69) is 5.32 Å². The van der Waals surface area contributed by atoms with E-state index < -0.39 is 21.6 Å². The Balaban J connectivity index is 1.37. The van der Waals surface area contributed by atoms with Gasteiger partial charge in [0.1, 0.15) is 5.82 Å². The SMILES string of the molecule is O=C(CCS(=O)(=O)c1ccc2c(c1)CCC2)Nc1ccc(N2CCCC2=O)c(F)c1. The third kappa shape index (κ3) is 4.23. The van der Waals surface area contributed by atoms with Crippen LogP contribution in [0.5, 0.6) is 0 Å². The monoisotopic (exact) mass is 430 g/mol. The van der Waals surface area contributed by atoms with E-state index >= 15 is 0 Å². The molecule has 2 aliphatic rings. The molecule has 8 heteroatoms. The lowest BCUT2D eigenvalue weighted by Crippen LogP contribution is -2.24. The maximum atomic E-state index is 14.4. The number of hydrogen-bond donors (Lipinski definition) is 1. The van der Waals surface area contributed by atoms with Gasteiger partial charge in [-0.25, -0.2) is 12.8 Å². The number of halogens is 1. The fraction of sp³-hybridized carbons (Fsp3) is 0.364. The Labute approximate surface area is 175 Å². The molecule has 0 spiro atoms. The van der Waals surface area contributed by atoms with Gasteiger partial charge in [-0.1, -0.05) is 6.07 Å². The summed E-state index contributed by atoms with van der Waals surface area (Å²) in [6.45, 7) is 0.474. The average Bonchev–Trinajstić information content (AvgIpc) is 3.35. The Morgan fingerprint density at radius 1 is 1.03 bits per heavy atom. The molecular formula is C22H23FN2O4S. The van der Waals surface area contributed by atoms with E-state index in [0.29, 0.717) is 19.4 Å². The molecule has 0 atom stereocenters. The molecule has 0 aromatic heterocycles. The molecule has 0 unspecified atom stereocenters. The van der Waals surface area contributed by atoms with Crippen LogP contribution in [-0.2, 0) is 32.3 Å². The van der Waals surface area contributed by atoms with E-state index in [1.807, 2.05) is 6.07 Å². The number of amides is 2. The molecule has 1 heterocycles. The minimum absolute atomic E-state index is 0.123. The van der Waals surface area contributed by atoms with Gasteiger partial charge < -0.3 is 10.2 Å². The van der Waals surface area contributed by atoms with Crippen LogP contribution in [0.1, 0.15) is 36.8 Å². The molecule has 4 rings (SSSR count). The lowest BCUT2D eigenvalue weighted by Gasteiger charge is -2.17. The first-order valence-electron chi connectivity index (χ1n) is 10.1. The zero-order chi connectivity index (χ0) is 21.3. The first-order chi connectivity index (χ1) is 14.3. The Kier molecular flexibility index (Phi) is 5.60. The Morgan fingerprint density at radius 2 is 1.83 bits per heavy atom. The zero-order valence-electron chi connectivity index (χ0n) is 16.5. The molecule has 30 heavy (non-hydrogen) atoms. The van der Waals surface area contributed by atoms with Crippen molar-refractivity contribution in [2.45, 2.75) is 43.4 Å². The lowest BCUT2D eigenvalue weighted by atomic mass is 10.1. The second-order valence-electron chi connectivity index (χ2n) is 7.72. The van der Waals surface area contributed by atoms with E-state index in [1.165, 1.54) is 22.6 Å². The van der Waals surface area contributed by atoms with Gasteiger partial charge >= 0.3 is 0 Å². The van der Waals surface area contributed by atoms with Gasteiger partial charge in [-0.3, -0.25) is 9.59 Å². The van der Waals surface area contributed by atoms with Crippen LogP contribution in [0.15, 0.2) is 41.3 Å². The Morgan fingerprint density at radius 3 is 2.57 bits per heavy atom. The summed E-state index contributed by atoms with van der Waals surface area (Å²) < 4.78 is 39.6. The highest BCUT2D eigenvalue weighted by atomic mass is 32.2. The van der Waals surface area contributed by atoms with Crippen molar-refractivity contribution in [3.8, 4) is 0 Å². The van der Waals surface area contributed by atoms with Gasteiger partial charge in [-0.2, -0.15) is 0 Å². The third-order valence-corrected chi connectivity index (χ3v) is 7.34. The second kappa shape index (κ2) is 8.18. The predicted octanol–water partition coefficient (Wildman–Crippen LogP) is 3.24. The van der Waals surface area contributed by atoms with Gasteiger partial charge in [0.05, 0.1) is 16.3 Å². The number of benzene rings is 2. The van der Waals surface area contributed by atoms with Crippen LogP contribution in [0.3, 0.4) is 0 Å². The van der Waals surface area contributed by atoms with E-state index in [-0.39, 0.29) is 34.4 Å². The zero-order valence-corrected chi connectivity index (χ0v) is 17.3. The van der Waals surface area contributed by atoms with Crippen molar-refractivity contribution in [3.63, 3.8) is 0 Å². The van der Waals surface area contributed by atoms with E-state index in [0.717, 1.165) is 30.9 Å². The first-order valence-corrected chi connectivity index (χ1v) is 11.7. The summed E-state index contributed by atoms with van der Waals surface area (Å²) >= 11 is 0. The van der Waals surface area contributed by atoms with Crippen molar-refractivity contribution in [2.75, 3.05) is 22.5 Å². The van der Waals surface area contributed by atoms with Crippen molar-refractivity contribution in [3.05, 3.63) is 53.3 Å². The molecule has 6 nitrogen and oxygen atoms in total. The number of nitrogens with one attached hydrogen (secondary N) is 1. The van der Waals surface area contributed by atoms with Gasteiger partial charge in [-0.05, 0) is 67.1 Å². The van der Waals surface area contributed by atoms with Gasteiger partial charge in [0.15, 0.2) is 9.84 Å². The molecule has 2 aromatic rings. The number of carbonyl (C=O) groups is 2. The minimum Gasteiger partial charge on any atom is -0.326 e. The Hall–Kier alpha value is -2.74. The van der Waals surface area contributed by atoms with Gasteiger partial charge in [0.25, 0.3) is 0 Å². The number of rotatable bonds is 6. The van der Waals surface area contributed by atoms with Crippen molar-refractivity contribution in [2.24, 2.45) is 0 Å². The smallest absolute Gasteiger partial charge is 0.227 e. The molecule has 2 amide bonds. The molecular weight excluding hydrogens is 407 g/mol. The summed E-state index contributed by atoms with van der Waals surface area (Å²) in [6.07, 6.45) is 3.74. The molecule has 2 aromatic carbocycles. The Bertz CT molecular complexity index is 1110. The number of carbonyl (C=O) groups excluding carboxylic acids is 2. The molecule has 0 radical (unpaired) electrons. The molecule has 1 aliphatic heterocycles. The normalized spacial score (nSPS) is 16.0. The standard InChI is InChI=1S/C22H23FN2O4S/c23-19-14-17(7-9-20(19)25-11-2-5-22(25)27)24-21(26)10-12-30(28,29)18-8-6-15-3-1-4-16(15)13-18/h6-9,13-14H,1-5,10-12H2,(H,24,26). The maximum Gasteiger partial charge on any atom is 0.227 e. The van der Waals surface area contributed by atoms with Crippen molar-refractivity contribution >= 4 is 33.0 Å². The number of sulfone groups is 1. The average molecular weight is 431 g/mol. The number of hydrogen-bond acceptors (Lipinski definition) is 4. The summed E-state index contributed by atoms with van der Waals surface area (Å²) in [4.78, 5) is 25.6. The summed E-state index contributed by atoms with van der Waals surface area (Å²) in [5, 5.41) is 2.53. The predicted molar refractivity (Wildman–Crippen MR) is 112 cm³/mol. The molecule has 0 saturated carbocycles. The summed E-state index contributed by atoms with van der Waals surface area (Å²) in [5.74, 6) is -1.55. The molecule has 1 N–H and O–H groups in total. The van der Waals surface area contributed by atoms with Gasteiger partial charge in [0.2, 0.25) is 11.8 Å². The second-order valence-corrected chi connectivity index (χ2v) is 9.83. The fourth-order valence-corrected chi connectivity index (χ4v) is 5.30. The minimum atomic E-state index is -3.58. The van der Waals surface area contributed by atoms with Crippen LogP contribution in [0.2, 0.25) is 0 Å². The van der Waals surface area contributed by atoms with Gasteiger partial charge in [-0.15, -0.1) is 0 Å². The highest BCUT2D eigenvalue weighted by molar-refractivity contribution is 7.91. The van der Waals surface area contributed by atoms with Crippen LogP contribution >= 0.6 is 0 Å². The number of fused-ring (bicyclic) bond motifs is 1. The van der Waals surface area contributed by atoms with Crippen LogP contribution < -0.4 is 10.2 Å². The van der Waals surface area contributed by atoms with Crippen LogP contribution in [-0.4, -0.2) is 32.5 Å². The first kappa shape index (κ1) is 20.5. The largest absolute Gasteiger partial charge is 0.326 e. The highest BCUT2D eigenvalue weighted by Crippen LogP contribution is 2.27. The quantitative estimate of drug-likeness (QED) is 0.763. The topological polar surface area (TPSA) is 83.6 Å². The maximum absolute atomic E-state index is 14.4. The van der Waals surface area contributed by atoms with Crippen molar-refractivity contribution < 1.29 is 22.4 Å². The number of aryl methyl sites for hydroxylation is 2. The molecule has 1 saturated heterocycles. The third-order valence-electron chi connectivity index (χ3n) is 5.62. The van der Waals surface area contributed by atoms with Crippen LogP contribution in [0.4, 0.5) is 15.8 Å². The van der Waals surface area contributed by atoms with Crippen LogP contribution in [0, 0.1) is 5.82 Å². The summed E-state index contributed by atoms with van der Waals surface area (Å²) in [6, 6.07) is 9.28. The summed E-state index contributed by atoms with van der Waals surface area (Å²) in [5.41, 5.74) is 2.66. The van der Waals surface area contributed by atoms with E-state index in [9.17, 15) is 22.4 Å². The van der Waals surface area contributed by atoms with Crippen molar-refractivity contribution in [1.29, 1.82) is 0 Å².